The van der Waals surface area contributed by atoms with Gasteiger partial charge in [0.05, 0.1) is 0 Å². The summed E-state index contributed by atoms with van der Waals surface area (Å²) >= 11 is 0. The van der Waals surface area contributed by atoms with Gasteiger partial charge in [-0.2, -0.15) is 0 Å². The Morgan fingerprint density at radius 2 is 2.07 bits per heavy atom. The monoisotopic (exact) mass is 202 g/mol. The van der Waals surface area contributed by atoms with Gasteiger partial charge in [-0.1, -0.05) is 32.1 Å². The summed E-state index contributed by atoms with van der Waals surface area (Å²) in [5, 5.41) is 0. The number of hydrogen-bond donors (Lipinski definition) is 0. The Kier molecular flexibility index (Phi) is 1.67. The van der Waals surface area contributed by atoms with E-state index in [2.05, 4.69) is 33.4 Å². The summed E-state index contributed by atoms with van der Waals surface area (Å²) in [6, 6.07) is 0. The molecule has 0 radical (unpaired) electrons. The van der Waals surface area contributed by atoms with E-state index in [9.17, 15) is 0 Å². The molecule has 0 N–H and O–H groups in total. The van der Waals surface area contributed by atoms with E-state index in [0.29, 0.717) is 10.8 Å². The third-order valence-electron chi connectivity index (χ3n) is 5.86. The Morgan fingerprint density at radius 3 is 2.80 bits per heavy atom. The molecule has 0 aromatic heterocycles. The van der Waals surface area contributed by atoms with E-state index in [-0.39, 0.29) is 0 Å². The molecular weight excluding hydrogens is 180 g/mol. The zero-order chi connectivity index (χ0) is 10.8. The molecule has 1 unspecified atom stereocenters. The van der Waals surface area contributed by atoms with Crippen LogP contribution < -0.4 is 0 Å². The van der Waals surface area contributed by atoms with Crippen LogP contribution in [0.1, 0.15) is 46.5 Å². The van der Waals surface area contributed by atoms with Gasteiger partial charge in [0, 0.05) is 5.41 Å². The van der Waals surface area contributed by atoms with Gasteiger partial charge in [0.2, 0.25) is 0 Å². The first-order valence-corrected chi connectivity index (χ1v) is 6.40. The highest BCUT2D eigenvalue weighted by Gasteiger charge is 2.64. The quantitative estimate of drug-likeness (QED) is 0.548. The molecule has 2 fully saturated rings. The van der Waals surface area contributed by atoms with Gasteiger partial charge in [0.25, 0.3) is 0 Å². The molecule has 0 aromatic carbocycles. The van der Waals surface area contributed by atoms with Gasteiger partial charge in [-0.25, -0.2) is 0 Å². The smallest absolute Gasteiger partial charge is 0.00689 e. The fourth-order valence-corrected chi connectivity index (χ4v) is 5.08. The van der Waals surface area contributed by atoms with Crippen LogP contribution in [0.2, 0.25) is 0 Å². The van der Waals surface area contributed by atoms with Gasteiger partial charge in [-0.05, 0) is 55.4 Å². The maximum absolute atomic E-state index is 4.42. The van der Waals surface area contributed by atoms with Crippen molar-refractivity contribution in [3.05, 3.63) is 23.8 Å². The van der Waals surface area contributed by atoms with Crippen molar-refractivity contribution in [2.45, 2.75) is 46.5 Å². The van der Waals surface area contributed by atoms with Crippen molar-refractivity contribution in [1.82, 2.24) is 0 Å². The summed E-state index contributed by atoms with van der Waals surface area (Å²) in [5.41, 5.74) is 3.88. The van der Waals surface area contributed by atoms with E-state index in [1.807, 2.05) is 0 Å². The zero-order valence-corrected chi connectivity index (χ0v) is 10.3. The molecule has 4 atom stereocenters. The van der Waals surface area contributed by atoms with Gasteiger partial charge in [-0.3, -0.25) is 0 Å². The molecule has 2 saturated carbocycles. The molecule has 0 heterocycles. The lowest BCUT2D eigenvalue weighted by atomic mass is 9.63. The summed E-state index contributed by atoms with van der Waals surface area (Å²) in [4.78, 5) is 0. The Hall–Kier alpha value is -0.520. The summed E-state index contributed by atoms with van der Waals surface area (Å²) in [6.45, 7) is 11.6. The lowest BCUT2D eigenvalue weighted by Crippen LogP contribution is -2.33. The SMILES string of the molecule is C=C1C(C)=C[C@]2(C)CCC3[C@H](C)CC[C@]132. The fourth-order valence-electron chi connectivity index (χ4n) is 5.08. The van der Waals surface area contributed by atoms with E-state index in [1.165, 1.54) is 36.8 Å². The predicted molar refractivity (Wildman–Crippen MR) is 64.6 cm³/mol. The lowest BCUT2D eigenvalue weighted by Gasteiger charge is -2.39. The minimum atomic E-state index is 0.448. The second-order valence-electron chi connectivity index (χ2n) is 6.36. The number of hydrogen-bond acceptors (Lipinski definition) is 0. The average Bonchev–Trinajstić information content (AvgIpc) is 2.70. The minimum absolute atomic E-state index is 0.448. The number of allylic oxidation sites excluding steroid dienone is 3. The Labute approximate surface area is 93.5 Å². The Morgan fingerprint density at radius 1 is 1.33 bits per heavy atom. The molecule has 0 nitrogen and oxygen atoms in total. The van der Waals surface area contributed by atoms with Crippen LogP contribution in [0.4, 0.5) is 0 Å². The van der Waals surface area contributed by atoms with Crippen molar-refractivity contribution in [2.75, 3.05) is 0 Å². The standard InChI is InChI=1S/C15H22/c1-10-5-8-15-12(3)11(2)9-14(15,4)7-6-13(10)15/h9-10,13H,3,5-8H2,1-2,4H3/t10-,13?,14+,15+/m1/s1. The molecule has 0 bridgehead atoms. The van der Waals surface area contributed by atoms with Crippen LogP contribution >= 0.6 is 0 Å². The maximum Gasteiger partial charge on any atom is 0.00689 e. The predicted octanol–water partition coefficient (Wildman–Crippen LogP) is 4.34. The van der Waals surface area contributed by atoms with Crippen LogP contribution in [-0.4, -0.2) is 0 Å². The highest BCUT2D eigenvalue weighted by atomic mass is 14.7. The third-order valence-corrected chi connectivity index (χ3v) is 5.86. The van der Waals surface area contributed by atoms with Gasteiger partial charge in [-0.15, -0.1) is 0 Å². The van der Waals surface area contributed by atoms with Crippen molar-refractivity contribution >= 4 is 0 Å². The summed E-state index contributed by atoms with van der Waals surface area (Å²) in [7, 11) is 0. The molecule has 0 aromatic rings. The molecule has 0 aliphatic heterocycles. The first-order chi connectivity index (χ1) is 7.01. The first-order valence-electron chi connectivity index (χ1n) is 6.40. The fraction of sp³-hybridized carbons (Fsp3) is 0.733. The van der Waals surface area contributed by atoms with Crippen LogP contribution in [0.25, 0.3) is 0 Å². The minimum Gasteiger partial charge on any atom is -0.0950 e. The van der Waals surface area contributed by atoms with E-state index in [1.54, 1.807) is 0 Å². The molecular formula is C15H22. The van der Waals surface area contributed by atoms with Gasteiger partial charge in [0.15, 0.2) is 0 Å². The van der Waals surface area contributed by atoms with Crippen LogP contribution in [0.3, 0.4) is 0 Å². The normalized spacial score (nSPS) is 53.0. The van der Waals surface area contributed by atoms with Crippen LogP contribution in [0.5, 0.6) is 0 Å². The highest BCUT2D eigenvalue weighted by Crippen LogP contribution is 2.72. The molecule has 3 aliphatic rings. The largest absolute Gasteiger partial charge is 0.0950 e. The molecule has 15 heavy (non-hydrogen) atoms. The second kappa shape index (κ2) is 2.59. The van der Waals surface area contributed by atoms with Crippen molar-refractivity contribution in [1.29, 1.82) is 0 Å². The average molecular weight is 202 g/mol. The Balaban J connectivity index is 2.15. The van der Waals surface area contributed by atoms with E-state index >= 15 is 0 Å². The molecule has 0 heteroatoms. The molecule has 1 spiro atoms. The molecule has 3 aliphatic carbocycles. The lowest BCUT2D eigenvalue weighted by molar-refractivity contribution is 0.169. The Bertz CT molecular complexity index is 362. The van der Waals surface area contributed by atoms with E-state index in [0.717, 1.165) is 11.8 Å². The zero-order valence-electron chi connectivity index (χ0n) is 10.3. The summed E-state index contributed by atoms with van der Waals surface area (Å²) < 4.78 is 0. The summed E-state index contributed by atoms with van der Waals surface area (Å²) in [5.74, 6) is 1.84. The highest BCUT2D eigenvalue weighted by molar-refractivity contribution is 5.47. The van der Waals surface area contributed by atoms with Crippen molar-refractivity contribution < 1.29 is 0 Å². The second-order valence-corrected chi connectivity index (χ2v) is 6.36. The molecule has 82 valence electrons. The van der Waals surface area contributed by atoms with Gasteiger partial charge >= 0.3 is 0 Å². The topological polar surface area (TPSA) is 0 Å². The molecule has 0 amide bonds. The van der Waals surface area contributed by atoms with Crippen LogP contribution in [0, 0.1) is 22.7 Å². The van der Waals surface area contributed by atoms with Crippen molar-refractivity contribution in [3.63, 3.8) is 0 Å². The van der Waals surface area contributed by atoms with Crippen LogP contribution in [0.15, 0.2) is 23.8 Å². The van der Waals surface area contributed by atoms with Crippen molar-refractivity contribution in [2.24, 2.45) is 22.7 Å². The number of rotatable bonds is 0. The van der Waals surface area contributed by atoms with E-state index < -0.39 is 0 Å². The molecule has 0 saturated heterocycles. The summed E-state index contributed by atoms with van der Waals surface area (Å²) in [6.07, 6.45) is 8.16. The van der Waals surface area contributed by atoms with Crippen molar-refractivity contribution in [3.8, 4) is 0 Å². The van der Waals surface area contributed by atoms with E-state index in [4.69, 9.17) is 0 Å². The van der Waals surface area contributed by atoms with Gasteiger partial charge in [0.1, 0.15) is 0 Å². The molecule has 3 rings (SSSR count). The van der Waals surface area contributed by atoms with Gasteiger partial charge < -0.3 is 0 Å². The van der Waals surface area contributed by atoms with Crippen LogP contribution in [-0.2, 0) is 0 Å². The third kappa shape index (κ3) is 0.859. The first kappa shape index (κ1) is 9.69. The maximum atomic E-state index is 4.42.